The van der Waals surface area contributed by atoms with E-state index in [2.05, 4.69) is 136 Å². The predicted molar refractivity (Wildman–Crippen MR) is 186 cm³/mol. The smallest absolute Gasteiger partial charge is 0.145 e. The highest BCUT2D eigenvalue weighted by Crippen LogP contribution is 2.38. The van der Waals surface area contributed by atoms with E-state index in [9.17, 15) is 0 Å². The first-order chi connectivity index (χ1) is 21.9. The molecule has 0 unspecified atom stereocenters. The summed E-state index contributed by atoms with van der Waals surface area (Å²) in [7, 11) is 0. The normalized spacial score (nSPS) is 12.2. The van der Waals surface area contributed by atoms with Crippen molar-refractivity contribution >= 4 is 43.9 Å². The Balaban J connectivity index is 1.29. The first-order valence-electron chi connectivity index (χ1n) is 15.9. The van der Waals surface area contributed by atoms with Crippen LogP contribution in [0.4, 0.5) is 0 Å². The molecular formula is C41H36N2O2. The van der Waals surface area contributed by atoms with E-state index in [0.29, 0.717) is 11.8 Å². The van der Waals surface area contributed by atoms with Gasteiger partial charge in [-0.1, -0.05) is 82.3 Å². The van der Waals surface area contributed by atoms with Gasteiger partial charge in [-0.15, -0.1) is 0 Å². The van der Waals surface area contributed by atoms with Crippen LogP contribution >= 0.6 is 0 Å². The van der Waals surface area contributed by atoms with Crippen LogP contribution in [-0.2, 0) is 6.54 Å². The molecule has 8 rings (SSSR count). The Labute approximate surface area is 262 Å². The van der Waals surface area contributed by atoms with Gasteiger partial charge in [-0.2, -0.15) is 0 Å². The lowest BCUT2D eigenvalue weighted by atomic mass is 9.88. The van der Waals surface area contributed by atoms with Crippen LogP contribution in [0.5, 0.6) is 0 Å². The maximum absolute atomic E-state index is 6.18. The number of para-hydroxylation sites is 2. The van der Waals surface area contributed by atoms with E-state index in [1.165, 1.54) is 22.3 Å². The van der Waals surface area contributed by atoms with E-state index in [1.807, 2.05) is 6.26 Å². The fraction of sp³-hybridized carbons (Fsp3) is 0.195. The lowest BCUT2D eigenvalue weighted by Gasteiger charge is -2.21. The van der Waals surface area contributed by atoms with E-state index in [4.69, 9.17) is 13.8 Å². The zero-order chi connectivity index (χ0) is 30.8. The Hall–Kier alpha value is -5.09. The van der Waals surface area contributed by atoms with E-state index in [0.717, 1.165) is 73.0 Å². The summed E-state index contributed by atoms with van der Waals surface area (Å²) < 4.78 is 14.7. The lowest BCUT2D eigenvalue weighted by molar-refractivity contribution is 0.616. The van der Waals surface area contributed by atoms with Crippen molar-refractivity contribution in [3.05, 3.63) is 126 Å². The summed E-state index contributed by atoms with van der Waals surface area (Å²) in [6, 6.07) is 34.5. The maximum Gasteiger partial charge on any atom is 0.145 e. The molecule has 5 aromatic carbocycles. The molecular weight excluding hydrogens is 552 g/mol. The van der Waals surface area contributed by atoms with E-state index >= 15 is 0 Å². The first-order valence-corrected chi connectivity index (χ1v) is 15.9. The van der Waals surface area contributed by atoms with Gasteiger partial charge in [-0.05, 0) is 94.6 Å². The van der Waals surface area contributed by atoms with E-state index in [-0.39, 0.29) is 0 Å². The third-order valence-electron chi connectivity index (χ3n) is 9.24. The number of rotatable bonds is 6. The minimum absolute atomic E-state index is 0.419. The third-order valence-corrected chi connectivity index (χ3v) is 9.24. The van der Waals surface area contributed by atoms with Crippen molar-refractivity contribution in [3.8, 4) is 22.5 Å². The zero-order valence-corrected chi connectivity index (χ0v) is 26.4. The van der Waals surface area contributed by atoms with Gasteiger partial charge in [-0.3, -0.25) is 0 Å². The van der Waals surface area contributed by atoms with Crippen LogP contribution in [0.3, 0.4) is 0 Å². The number of hydrogen-bond acceptors (Lipinski definition) is 3. The molecule has 0 aliphatic carbocycles. The Kier molecular flexibility index (Phi) is 6.42. The van der Waals surface area contributed by atoms with Crippen LogP contribution in [-0.4, -0.2) is 9.55 Å². The van der Waals surface area contributed by atoms with Crippen molar-refractivity contribution in [2.24, 2.45) is 0 Å². The van der Waals surface area contributed by atoms with Gasteiger partial charge in [0.15, 0.2) is 0 Å². The van der Waals surface area contributed by atoms with Crippen LogP contribution in [0.2, 0.25) is 0 Å². The Morgan fingerprint density at radius 1 is 0.667 bits per heavy atom. The van der Waals surface area contributed by atoms with Crippen molar-refractivity contribution in [1.29, 1.82) is 0 Å². The summed E-state index contributed by atoms with van der Waals surface area (Å²) >= 11 is 0. The number of imidazole rings is 1. The molecule has 8 aromatic rings. The minimum Gasteiger partial charge on any atom is -0.464 e. The van der Waals surface area contributed by atoms with E-state index in [1.54, 1.807) is 0 Å². The van der Waals surface area contributed by atoms with Crippen molar-refractivity contribution in [1.82, 2.24) is 9.55 Å². The fourth-order valence-corrected chi connectivity index (χ4v) is 6.93. The average molecular weight is 589 g/mol. The van der Waals surface area contributed by atoms with Crippen LogP contribution in [0.15, 0.2) is 112 Å². The van der Waals surface area contributed by atoms with E-state index < -0.39 is 0 Å². The summed E-state index contributed by atoms with van der Waals surface area (Å²) in [5.74, 6) is 1.76. The predicted octanol–water partition coefficient (Wildman–Crippen LogP) is 11.6. The number of hydrogen-bond donors (Lipinski definition) is 0. The molecule has 4 heteroatoms. The third kappa shape index (κ3) is 4.55. The molecule has 0 amide bonds. The number of fused-ring (bicyclic) bond motifs is 5. The van der Waals surface area contributed by atoms with Gasteiger partial charge >= 0.3 is 0 Å². The van der Waals surface area contributed by atoms with Gasteiger partial charge in [0.05, 0.1) is 23.1 Å². The first kappa shape index (κ1) is 27.5. The Bertz CT molecular complexity index is 2350. The van der Waals surface area contributed by atoms with Crippen LogP contribution in [0, 0.1) is 6.92 Å². The molecule has 0 bridgehead atoms. The molecule has 0 radical (unpaired) electrons. The highest BCUT2D eigenvalue weighted by Gasteiger charge is 2.21. The molecule has 0 atom stereocenters. The monoisotopic (exact) mass is 588 g/mol. The van der Waals surface area contributed by atoms with Gasteiger partial charge in [0.25, 0.3) is 0 Å². The molecule has 0 saturated heterocycles. The summed E-state index contributed by atoms with van der Waals surface area (Å²) in [5.41, 5.74) is 13.4. The number of aromatic nitrogens is 2. The minimum atomic E-state index is 0.419. The standard InChI is InChI=1S/C41H36N2O2/c1-24(2)29-9-8-10-30(25(3)4)34(29)22-43-37-12-7-6-11-36(37)42-41(43)35-23-44-38-17-14-27(21-33(35)38)28-15-18-39-32(20-28)31-16-13-26(5)19-40(31)45-39/h6-21,23-25H,22H2,1-5H3. The Morgan fingerprint density at radius 3 is 2.13 bits per heavy atom. The fourth-order valence-electron chi connectivity index (χ4n) is 6.93. The second kappa shape index (κ2) is 10.5. The molecule has 0 fully saturated rings. The number of nitrogens with zero attached hydrogens (tertiary/aromatic N) is 2. The summed E-state index contributed by atoms with van der Waals surface area (Å²) in [6.45, 7) is 12.0. The quantitative estimate of drug-likeness (QED) is 0.194. The molecule has 222 valence electrons. The van der Waals surface area contributed by atoms with Gasteiger partial charge < -0.3 is 13.4 Å². The molecule has 0 spiro atoms. The van der Waals surface area contributed by atoms with Gasteiger partial charge in [0.2, 0.25) is 0 Å². The van der Waals surface area contributed by atoms with Crippen LogP contribution in [0.25, 0.3) is 66.5 Å². The number of aryl methyl sites for hydroxylation is 1. The SMILES string of the molecule is Cc1ccc2c(c1)oc1ccc(-c3ccc4occ(-c5nc6ccccc6n5Cc5c(C(C)C)cccc5C(C)C)c4c3)cc12. The molecule has 4 nitrogen and oxygen atoms in total. The molecule has 0 aliphatic rings. The Morgan fingerprint density at radius 2 is 1.38 bits per heavy atom. The second-order valence-corrected chi connectivity index (χ2v) is 12.9. The lowest BCUT2D eigenvalue weighted by Crippen LogP contribution is -2.10. The van der Waals surface area contributed by atoms with Crippen LogP contribution in [0.1, 0.15) is 61.8 Å². The van der Waals surface area contributed by atoms with Gasteiger partial charge in [0, 0.05) is 16.2 Å². The largest absolute Gasteiger partial charge is 0.464 e. The van der Waals surface area contributed by atoms with Crippen molar-refractivity contribution in [3.63, 3.8) is 0 Å². The summed E-state index contributed by atoms with van der Waals surface area (Å²) in [4.78, 5) is 5.22. The molecule has 45 heavy (non-hydrogen) atoms. The molecule has 0 N–H and O–H groups in total. The highest BCUT2D eigenvalue weighted by molar-refractivity contribution is 6.07. The average Bonchev–Trinajstić information content (AvgIpc) is 3.73. The zero-order valence-electron chi connectivity index (χ0n) is 26.4. The second-order valence-electron chi connectivity index (χ2n) is 12.9. The topological polar surface area (TPSA) is 44.1 Å². The molecule has 0 saturated carbocycles. The highest BCUT2D eigenvalue weighted by atomic mass is 16.3. The van der Waals surface area contributed by atoms with Crippen molar-refractivity contribution < 1.29 is 8.83 Å². The van der Waals surface area contributed by atoms with Crippen LogP contribution < -0.4 is 0 Å². The summed E-state index contributed by atoms with van der Waals surface area (Å²) in [5, 5.41) is 3.32. The number of furan rings is 2. The molecule has 3 aromatic heterocycles. The van der Waals surface area contributed by atoms with Crippen molar-refractivity contribution in [2.75, 3.05) is 0 Å². The molecule has 0 aliphatic heterocycles. The van der Waals surface area contributed by atoms with Crippen molar-refractivity contribution in [2.45, 2.75) is 53.0 Å². The van der Waals surface area contributed by atoms with Gasteiger partial charge in [-0.25, -0.2) is 4.98 Å². The number of benzene rings is 5. The summed E-state index contributed by atoms with van der Waals surface area (Å²) in [6.07, 6.45) is 1.87. The molecule has 3 heterocycles. The van der Waals surface area contributed by atoms with Gasteiger partial charge in [0.1, 0.15) is 28.8 Å². The maximum atomic E-state index is 6.18.